The summed E-state index contributed by atoms with van der Waals surface area (Å²) in [5, 5.41) is 19.4. The number of urea groups is 1. The lowest BCUT2D eigenvalue weighted by molar-refractivity contribution is -0.192. The first-order valence-electron chi connectivity index (χ1n) is 10.5. The molecule has 2 fully saturated rings. The smallest absolute Gasteiger partial charge is 0.490 e. The van der Waals surface area contributed by atoms with E-state index in [0.717, 1.165) is 10.5 Å². The van der Waals surface area contributed by atoms with Crippen molar-refractivity contribution in [2.75, 3.05) is 18.6 Å². The van der Waals surface area contributed by atoms with Crippen molar-refractivity contribution in [3.63, 3.8) is 0 Å². The molecular weight excluding hydrogens is 487 g/mol. The van der Waals surface area contributed by atoms with E-state index in [-0.39, 0.29) is 19.5 Å². The molecule has 0 unspecified atom stereocenters. The Morgan fingerprint density at radius 2 is 1.67 bits per heavy atom. The molecule has 2 aliphatic heterocycles. The third-order valence-corrected chi connectivity index (χ3v) is 5.78. The Hall–Kier alpha value is -4.13. The number of para-hydroxylation sites is 1. The number of rotatable bonds is 5. The molecule has 2 aliphatic rings. The molecule has 2 saturated heterocycles. The fourth-order valence-electron chi connectivity index (χ4n) is 3.97. The van der Waals surface area contributed by atoms with Crippen molar-refractivity contribution in [1.82, 2.24) is 10.2 Å². The number of methoxy groups -OCH3 is 1. The van der Waals surface area contributed by atoms with Crippen LogP contribution in [0.15, 0.2) is 54.6 Å². The van der Waals surface area contributed by atoms with Gasteiger partial charge in [0.25, 0.3) is 5.91 Å². The minimum Gasteiger partial charge on any atom is -0.497 e. The molecule has 3 N–H and O–H groups in total. The monoisotopic (exact) mass is 509 g/mol. The van der Waals surface area contributed by atoms with E-state index in [2.05, 4.69) is 5.32 Å². The van der Waals surface area contributed by atoms with Gasteiger partial charge in [0.2, 0.25) is 0 Å². The van der Waals surface area contributed by atoms with E-state index >= 15 is 0 Å². The number of hydrogen-bond donors (Lipinski definition) is 3. The molecule has 2 heterocycles. The van der Waals surface area contributed by atoms with Gasteiger partial charge >= 0.3 is 24.1 Å². The van der Waals surface area contributed by atoms with Gasteiger partial charge in [-0.05, 0) is 29.8 Å². The summed E-state index contributed by atoms with van der Waals surface area (Å²) in [5.41, 5.74) is 0.0495. The Balaban J connectivity index is 0.000000454. The van der Waals surface area contributed by atoms with Crippen molar-refractivity contribution < 1.29 is 47.3 Å². The average Bonchev–Trinajstić information content (AvgIpc) is 3.37. The van der Waals surface area contributed by atoms with Crippen LogP contribution in [0.5, 0.6) is 5.75 Å². The van der Waals surface area contributed by atoms with Crippen LogP contribution in [0.3, 0.4) is 0 Å². The molecule has 0 bridgehead atoms. The highest BCUT2D eigenvalue weighted by Crippen LogP contribution is 2.39. The normalized spacial score (nSPS) is 21.4. The van der Waals surface area contributed by atoms with Gasteiger partial charge in [-0.15, -0.1) is 0 Å². The molecule has 0 aromatic heterocycles. The summed E-state index contributed by atoms with van der Waals surface area (Å²) in [7, 11) is 1.57. The molecule has 2 aromatic rings. The quantitative estimate of drug-likeness (QED) is 0.523. The minimum atomic E-state index is -5.08. The fraction of sp³-hybridized carbons (Fsp3) is 0.304. The lowest BCUT2D eigenvalue weighted by Crippen LogP contribution is -2.51. The molecule has 4 rings (SSSR count). The number of nitrogens with zero attached hydrogens (tertiary/aromatic N) is 2. The van der Waals surface area contributed by atoms with Gasteiger partial charge in [-0.25, -0.2) is 14.5 Å². The van der Waals surface area contributed by atoms with E-state index in [4.69, 9.17) is 14.6 Å². The summed E-state index contributed by atoms with van der Waals surface area (Å²) in [6.45, 7) is 0.278. The van der Waals surface area contributed by atoms with Crippen LogP contribution in [0.4, 0.5) is 23.7 Å². The highest BCUT2D eigenvalue weighted by atomic mass is 19.4. The van der Waals surface area contributed by atoms with Gasteiger partial charge in [-0.1, -0.05) is 30.3 Å². The van der Waals surface area contributed by atoms with Crippen LogP contribution >= 0.6 is 0 Å². The molecule has 10 nitrogen and oxygen atoms in total. The van der Waals surface area contributed by atoms with E-state index < -0.39 is 41.6 Å². The zero-order valence-electron chi connectivity index (χ0n) is 18.9. The summed E-state index contributed by atoms with van der Waals surface area (Å²) in [6, 6.07) is 14.6. The van der Waals surface area contributed by atoms with E-state index in [1.807, 2.05) is 12.1 Å². The Morgan fingerprint density at radius 1 is 1.08 bits per heavy atom. The molecule has 1 spiro atoms. The van der Waals surface area contributed by atoms with Gasteiger partial charge in [0.05, 0.1) is 12.8 Å². The first kappa shape index (κ1) is 26.5. The Kier molecular flexibility index (Phi) is 7.53. The van der Waals surface area contributed by atoms with Crippen molar-refractivity contribution in [2.24, 2.45) is 0 Å². The SMILES string of the molecule is COc1ccc(CN2C(=O)N(c3ccccc3)C(=O)[C@]23CN[C@H](C(=O)O)C3)cc1.O=C(O)C(F)(F)F. The topological polar surface area (TPSA) is 136 Å². The van der Waals surface area contributed by atoms with Gasteiger partial charge in [0, 0.05) is 19.5 Å². The van der Waals surface area contributed by atoms with Crippen molar-refractivity contribution in [1.29, 1.82) is 0 Å². The maximum absolute atomic E-state index is 13.4. The number of carbonyl (C=O) groups excluding carboxylic acids is 2. The highest BCUT2D eigenvalue weighted by Gasteiger charge is 2.61. The first-order chi connectivity index (χ1) is 16.9. The number of nitrogens with one attached hydrogen (secondary N) is 1. The molecule has 13 heteroatoms. The number of carbonyl (C=O) groups is 4. The van der Waals surface area contributed by atoms with Crippen LogP contribution in [-0.2, 0) is 20.9 Å². The van der Waals surface area contributed by atoms with Crippen LogP contribution in [0, 0.1) is 0 Å². The summed E-state index contributed by atoms with van der Waals surface area (Å²) < 4.78 is 36.9. The number of anilines is 1. The number of amides is 3. The van der Waals surface area contributed by atoms with Crippen LogP contribution < -0.4 is 15.0 Å². The fourth-order valence-corrected chi connectivity index (χ4v) is 3.97. The summed E-state index contributed by atoms with van der Waals surface area (Å²) in [4.78, 5) is 49.8. The number of halogens is 3. The first-order valence-corrected chi connectivity index (χ1v) is 10.5. The Morgan fingerprint density at radius 3 is 2.14 bits per heavy atom. The summed E-state index contributed by atoms with van der Waals surface area (Å²) in [5.74, 6) is -3.51. The van der Waals surface area contributed by atoms with E-state index in [9.17, 15) is 32.7 Å². The number of ether oxygens (including phenoxy) is 1. The van der Waals surface area contributed by atoms with Crippen molar-refractivity contribution in [3.05, 3.63) is 60.2 Å². The standard InChI is InChI=1S/C21H21N3O5.C2HF3O2/c1-29-16-9-7-14(8-10-16)12-23-20(28)24(15-5-3-2-4-6-15)19(27)21(23)11-17(18(25)26)22-13-21;3-2(4,5)1(6)7/h2-10,17,22H,11-13H2,1H3,(H,25,26);(H,6,7)/t17-,21-;/m0./s1. The number of imide groups is 1. The predicted octanol–water partition coefficient (Wildman–Crippen LogP) is 2.48. The van der Waals surface area contributed by atoms with E-state index in [1.54, 1.807) is 49.6 Å². The molecule has 3 amide bonds. The van der Waals surface area contributed by atoms with Crippen molar-refractivity contribution in [3.8, 4) is 5.75 Å². The average molecular weight is 509 g/mol. The molecule has 0 saturated carbocycles. The number of benzene rings is 2. The lowest BCUT2D eigenvalue weighted by Gasteiger charge is -2.30. The van der Waals surface area contributed by atoms with Crippen LogP contribution in [0.1, 0.15) is 12.0 Å². The maximum Gasteiger partial charge on any atom is 0.490 e. The maximum atomic E-state index is 13.4. The number of carboxylic acid groups (broad SMARTS) is 2. The van der Waals surface area contributed by atoms with Crippen molar-refractivity contribution >= 4 is 29.6 Å². The van der Waals surface area contributed by atoms with Gasteiger partial charge in [-0.2, -0.15) is 13.2 Å². The van der Waals surface area contributed by atoms with Gasteiger partial charge < -0.3 is 25.2 Å². The summed E-state index contributed by atoms with van der Waals surface area (Å²) in [6.07, 6.45) is -5.06. The van der Waals surface area contributed by atoms with Crippen LogP contribution in [0.25, 0.3) is 0 Å². The summed E-state index contributed by atoms with van der Waals surface area (Å²) >= 11 is 0. The molecule has 0 aliphatic carbocycles. The zero-order valence-corrected chi connectivity index (χ0v) is 18.9. The number of hydrogen-bond acceptors (Lipinski definition) is 6. The minimum absolute atomic E-state index is 0.0202. The number of aliphatic carboxylic acids is 2. The van der Waals surface area contributed by atoms with E-state index in [1.165, 1.54) is 4.90 Å². The highest BCUT2D eigenvalue weighted by molar-refractivity contribution is 6.23. The molecule has 0 radical (unpaired) electrons. The van der Waals surface area contributed by atoms with Gasteiger partial charge in [-0.3, -0.25) is 9.59 Å². The van der Waals surface area contributed by atoms with E-state index in [0.29, 0.717) is 11.4 Å². The van der Waals surface area contributed by atoms with Gasteiger partial charge in [0.15, 0.2) is 0 Å². The Labute approximate surface area is 202 Å². The second-order valence-electron chi connectivity index (χ2n) is 8.00. The van der Waals surface area contributed by atoms with Crippen LogP contribution in [0.2, 0.25) is 0 Å². The number of carboxylic acids is 2. The molecule has 36 heavy (non-hydrogen) atoms. The molecule has 2 atom stereocenters. The second kappa shape index (κ2) is 10.2. The molecule has 192 valence electrons. The lowest BCUT2D eigenvalue weighted by atomic mass is 9.93. The van der Waals surface area contributed by atoms with Crippen molar-refractivity contribution in [2.45, 2.75) is 30.7 Å². The largest absolute Gasteiger partial charge is 0.497 e. The molecular formula is C23H22F3N3O7. The zero-order chi connectivity index (χ0) is 26.7. The molecule has 2 aromatic carbocycles. The third kappa shape index (κ3) is 5.25. The third-order valence-electron chi connectivity index (χ3n) is 5.78. The Bertz CT molecular complexity index is 1140. The number of alkyl halides is 3. The second-order valence-corrected chi connectivity index (χ2v) is 8.00. The van der Waals surface area contributed by atoms with Crippen LogP contribution in [-0.4, -0.2) is 70.4 Å². The predicted molar refractivity (Wildman–Crippen MR) is 118 cm³/mol. The van der Waals surface area contributed by atoms with Gasteiger partial charge in [0.1, 0.15) is 17.3 Å².